The van der Waals surface area contributed by atoms with E-state index in [1.165, 1.54) is 0 Å². The molecule has 0 spiro atoms. The van der Waals surface area contributed by atoms with Gasteiger partial charge in [-0.15, -0.1) is 11.8 Å². The number of ether oxygens (including phenoxy) is 1. The normalized spacial score (nSPS) is 16.0. The lowest BCUT2D eigenvalue weighted by Crippen LogP contribution is -2.36. The molecule has 1 atom stereocenters. The highest BCUT2D eigenvalue weighted by molar-refractivity contribution is 7.99. The molecule has 25 heavy (non-hydrogen) atoms. The number of para-hydroxylation sites is 2. The van der Waals surface area contributed by atoms with Crippen molar-refractivity contribution in [1.82, 2.24) is 10.1 Å². The second-order valence-electron chi connectivity index (χ2n) is 5.54. The summed E-state index contributed by atoms with van der Waals surface area (Å²) in [6.07, 6.45) is -0.556. The molecule has 1 aliphatic rings. The monoisotopic (exact) mass is 353 g/mol. The number of nitrogens with zero attached hydrogens (tertiary/aromatic N) is 2. The van der Waals surface area contributed by atoms with E-state index in [9.17, 15) is 4.79 Å². The number of thioether (sulfide) groups is 1. The van der Waals surface area contributed by atoms with Crippen molar-refractivity contribution in [3.63, 3.8) is 0 Å². The summed E-state index contributed by atoms with van der Waals surface area (Å²) in [7, 11) is 0. The number of hydrogen-bond donors (Lipinski definition) is 1. The van der Waals surface area contributed by atoms with Crippen LogP contribution in [-0.4, -0.2) is 27.9 Å². The fraction of sp³-hybridized carbons (Fsp3) is 0.167. The Bertz CT molecular complexity index is 925. The summed E-state index contributed by atoms with van der Waals surface area (Å²) < 4.78 is 10.9. The van der Waals surface area contributed by atoms with Gasteiger partial charge in [-0.25, -0.2) is 0 Å². The number of nitrogens with one attached hydrogen (secondary N) is 1. The van der Waals surface area contributed by atoms with Crippen LogP contribution < -0.4 is 10.1 Å². The van der Waals surface area contributed by atoms with E-state index in [0.717, 1.165) is 10.6 Å². The quantitative estimate of drug-likeness (QED) is 0.776. The van der Waals surface area contributed by atoms with E-state index in [0.29, 0.717) is 28.7 Å². The molecule has 7 heteroatoms. The van der Waals surface area contributed by atoms with Crippen LogP contribution in [0.4, 0.5) is 5.69 Å². The minimum Gasteiger partial charge on any atom is -0.479 e. The number of fused-ring (bicyclic) bond motifs is 1. The van der Waals surface area contributed by atoms with Gasteiger partial charge in [-0.3, -0.25) is 4.79 Å². The number of carbonyl (C=O) groups is 1. The molecule has 4 rings (SSSR count). The maximum absolute atomic E-state index is 12.7. The van der Waals surface area contributed by atoms with Crippen molar-refractivity contribution >= 4 is 23.4 Å². The molecule has 0 unspecified atom stereocenters. The Morgan fingerprint density at radius 3 is 2.84 bits per heavy atom. The third-order valence-electron chi connectivity index (χ3n) is 3.75. The van der Waals surface area contributed by atoms with Gasteiger partial charge >= 0.3 is 0 Å². The van der Waals surface area contributed by atoms with Crippen molar-refractivity contribution in [1.29, 1.82) is 0 Å². The molecule has 3 aromatic rings. The van der Waals surface area contributed by atoms with Gasteiger partial charge in [0, 0.05) is 23.1 Å². The van der Waals surface area contributed by atoms with Crippen LogP contribution in [0.3, 0.4) is 0 Å². The van der Waals surface area contributed by atoms with Gasteiger partial charge in [-0.05, 0) is 24.3 Å². The van der Waals surface area contributed by atoms with Gasteiger partial charge in [0.05, 0.1) is 5.69 Å². The topological polar surface area (TPSA) is 77.2 Å². The molecule has 0 bridgehead atoms. The number of benzene rings is 2. The van der Waals surface area contributed by atoms with E-state index < -0.39 is 6.10 Å². The molecule has 6 nitrogen and oxygen atoms in total. The molecule has 1 aromatic heterocycles. The van der Waals surface area contributed by atoms with Crippen LogP contribution in [0.5, 0.6) is 5.75 Å². The van der Waals surface area contributed by atoms with E-state index in [1.54, 1.807) is 18.7 Å². The van der Waals surface area contributed by atoms with Crippen LogP contribution >= 0.6 is 11.8 Å². The van der Waals surface area contributed by atoms with Crippen LogP contribution in [0, 0.1) is 6.92 Å². The summed E-state index contributed by atoms with van der Waals surface area (Å²) in [6, 6.07) is 15.1. The fourth-order valence-electron chi connectivity index (χ4n) is 2.56. The highest BCUT2D eigenvalue weighted by Gasteiger charge is 2.27. The molecule has 1 amide bonds. The summed E-state index contributed by atoms with van der Waals surface area (Å²) in [5.41, 5.74) is 1.33. The third kappa shape index (κ3) is 3.23. The van der Waals surface area contributed by atoms with Crippen molar-refractivity contribution in [2.45, 2.75) is 17.9 Å². The van der Waals surface area contributed by atoms with E-state index in [1.807, 2.05) is 48.5 Å². The Labute approximate surface area is 148 Å². The van der Waals surface area contributed by atoms with Crippen molar-refractivity contribution < 1.29 is 14.1 Å². The Hall–Kier alpha value is -2.80. The molecule has 2 heterocycles. The minimum absolute atomic E-state index is 0.199. The molecule has 0 fully saturated rings. The van der Waals surface area contributed by atoms with Crippen molar-refractivity contribution in [2.75, 3.05) is 11.1 Å². The number of anilines is 1. The zero-order chi connectivity index (χ0) is 17.2. The average molecular weight is 353 g/mol. The van der Waals surface area contributed by atoms with E-state index in [4.69, 9.17) is 9.26 Å². The molecule has 0 radical (unpaired) electrons. The summed E-state index contributed by atoms with van der Waals surface area (Å²) in [6.45, 7) is 1.72. The smallest absolute Gasteiger partial charge is 0.266 e. The summed E-state index contributed by atoms with van der Waals surface area (Å²) in [4.78, 5) is 17.9. The zero-order valence-corrected chi connectivity index (χ0v) is 14.2. The Balaban J connectivity index is 1.54. The maximum atomic E-state index is 12.7. The van der Waals surface area contributed by atoms with Crippen LogP contribution in [0.15, 0.2) is 57.9 Å². The lowest BCUT2D eigenvalue weighted by Gasteiger charge is -2.24. The first-order valence-corrected chi connectivity index (χ1v) is 8.78. The Morgan fingerprint density at radius 1 is 1.20 bits per heavy atom. The highest BCUT2D eigenvalue weighted by atomic mass is 32.2. The van der Waals surface area contributed by atoms with Gasteiger partial charge in [-0.2, -0.15) is 4.98 Å². The van der Waals surface area contributed by atoms with E-state index in [2.05, 4.69) is 15.5 Å². The van der Waals surface area contributed by atoms with Crippen molar-refractivity contribution in [3.8, 4) is 17.1 Å². The van der Waals surface area contributed by atoms with Crippen LogP contribution in [0.25, 0.3) is 11.4 Å². The Morgan fingerprint density at radius 2 is 2.00 bits per heavy atom. The first-order valence-electron chi connectivity index (χ1n) is 7.80. The number of carbonyl (C=O) groups excluding carboxylic acids is 1. The molecule has 2 aromatic carbocycles. The largest absolute Gasteiger partial charge is 0.479 e. The first-order chi connectivity index (χ1) is 12.2. The molecule has 0 saturated heterocycles. The van der Waals surface area contributed by atoms with E-state index in [-0.39, 0.29) is 5.91 Å². The number of aryl methyl sites for hydroxylation is 1. The van der Waals surface area contributed by atoms with Crippen molar-refractivity contribution in [2.24, 2.45) is 0 Å². The molecular weight excluding hydrogens is 338 g/mol. The second kappa shape index (κ2) is 6.60. The van der Waals surface area contributed by atoms with Crippen molar-refractivity contribution in [3.05, 3.63) is 54.4 Å². The Kier molecular flexibility index (Phi) is 4.15. The average Bonchev–Trinajstić information content (AvgIpc) is 3.08. The molecule has 126 valence electrons. The van der Waals surface area contributed by atoms with Gasteiger partial charge in [0.1, 0.15) is 5.75 Å². The highest BCUT2D eigenvalue weighted by Crippen LogP contribution is 2.35. The predicted molar refractivity (Wildman–Crippen MR) is 94.7 cm³/mol. The van der Waals surface area contributed by atoms with Gasteiger partial charge in [-0.1, -0.05) is 29.4 Å². The molecular formula is C18H15N3O3S. The lowest BCUT2D eigenvalue weighted by atomic mass is 10.1. The summed E-state index contributed by atoms with van der Waals surface area (Å²) in [5.74, 6) is 2.01. The minimum atomic E-state index is -0.556. The summed E-state index contributed by atoms with van der Waals surface area (Å²) >= 11 is 1.61. The van der Waals surface area contributed by atoms with Crippen LogP contribution in [0.1, 0.15) is 5.89 Å². The van der Waals surface area contributed by atoms with E-state index >= 15 is 0 Å². The number of hydrogen-bond acceptors (Lipinski definition) is 6. The third-order valence-corrected chi connectivity index (χ3v) is 4.87. The predicted octanol–water partition coefficient (Wildman–Crippen LogP) is 3.54. The lowest BCUT2D eigenvalue weighted by molar-refractivity contribution is -0.122. The number of rotatable bonds is 3. The zero-order valence-electron chi connectivity index (χ0n) is 13.4. The summed E-state index contributed by atoms with van der Waals surface area (Å²) in [5, 5.41) is 6.84. The number of amides is 1. The first kappa shape index (κ1) is 15.7. The number of aromatic nitrogens is 2. The SMILES string of the molecule is Cc1nc(-c2ccccc2NC(=O)[C@@H]2CSc3ccccc3O2)no1. The standard InChI is InChI=1S/C18H15N3O3S/c1-11-19-17(21-24-11)12-6-2-3-7-13(12)20-18(22)15-10-25-16-9-5-4-8-14(16)23-15/h2-9,15H,10H2,1H3,(H,20,22)/t15-/m0/s1. The van der Waals surface area contributed by atoms with Gasteiger partial charge < -0.3 is 14.6 Å². The molecule has 0 saturated carbocycles. The molecule has 1 aliphatic heterocycles. The molecule has 1 N–H and O–H groups in total. The fourth-order valence-corrected chi connectivity index (χ4v) is 3.54. The second-order valence-corrected chi connectivity index (χ2v) is 6.60. The van der Waals surface area contributed by atoms with Gasteiger partial charge in [0.25, 0.3) is 5.91 Å². The van der Waals surface area contributed by atoms with Gasteiger partial charge in [0.15, 0.2) is 6.10 Å². The maximum Gasteiger partial charge on any atom is 0.266 e. The molecule has 0 aliphatic carbocycles. The van der Waals surface area contributed by atoms with Crippen LogP contribution in [-0.2, 0) is 4.79 Å². The van der Waals surface area contributed by atoms with Gasteiger partial charge in [0.2, 0.25) is 11.7 Å². The van der Waals surface area contributed by atoms with Crippen LogP contribution in [0.2, 0.25) is 0 Å².